The minimum Gasteiger partial charge on any atom is -0.437 e. The number of rotatable bonds is 5. The van der Waals surface area contributed by atoms with E-state index < -0.39 is 23.8 Å². The number of benzene rings is 2. The Bertz CT molecular complexity index is 1270. The van der Waals surface area contributed by atoms with Crippen molar-refractivity contribution in [1.29, 1.82) is 0 Å². The molecule has 1 atom stereocenters. The number of nitrogens with zero attached hydrogens (tertiary/aromatic N) is 3. The Morgan fingerprint density at radius 2 is 1.91 bits per heavy atom. The second-order valence-electron chi connectivity index (χ2n) is 6.71. The fourth-order valence-corrected chi connectivity index (χ4v) is 3.65. The summed E-state index contributed by atoms with van der Waals surface area (Å²) in [6.45, 7) is 1.35. The average molecular weight is 460 g/mol. The number of aliphatic hydroxyl groups is 1. The van der Waals surface area contributed by atoms with Gasteiger partial charge in [0.05, 0.1) is 16.0 Å². The smallest absolute Gasteiger partial charge is 0.416 e. The van der Waals surface area contributed by atoms with Gasteiger partial charge in [0.15, 0.2) is 10.9 Å². The number of aliphatic hydroxyl groups excluding tert-OH is 1. The predicted octanol–water partition coefficient (Wildman–Crippen LogP) is 4.88. The SMILES string of the molecule is C[C@H](O)C(=O)Nc1nc2c(Oc3cc(-c4ccc(C(F)(F)F)cc4)ncn3)cccc2s1. The average Bonchev–Trinajstić information content (AvgIpc) is 3.17. The molecule has 2 aromatic carbocycles. The van der Waals surface area contributed by atoms with Crippen molar-refractivity contribution in [2.24, 2.45) is 0 Å². The third-order valence-corrected chi connectivity index (χ3v) is 5.29. The molecule has 0 spiro atoms. The number of amides is 1. The molecule has 0 saturated carbocycles. The molecule has 11 heteroatoms. The number of ether oxygens (including phenoxy) is 1. The number of hydrogen-bond donors (Lipinski definition) is 2. The molecule has 4 aromatic rings. The fourth-order valence-electron chi connectivity index (χ4n) is 2.76. The molecule has 164 valence electrons. The molecule has 4 rings (SSSR count). The summed E-state index contributed by atoms with van der Waals surface area (Å²) in [5, 5.41) is 12.2. The summed E-state index contributed by atoms with van der Waals surface area (Å²) in [6, 6.07) is 11.3. The number of nitrogens with one attached hydrogen (secondary N) is 1. The monoisotopic (exact) mass is 460 g/mol. The van der Waals surface area contributed by atoms with Gasteiger partial charge < -0.3 is 9.84 Å². The van der Waals surface area contributed by atoms with E-state index in [-0.39, 0.29) is 5.88 Å². The largest absolute Gasteiger partial charge is 0.437 e. The first-order valence-corrected chi connectivity index (χ1v) is 10.1. The zero-order valence-corrected chi connectivity index (χ0v) is 17.2. The van der Waals surface area contributed by atoms with E-state index in [9.17, 15) is 23.1 Å². The molecule has 7 nitrogen and oxygen atoms in total. The molecule has 0 fully saturated rings. The van der Waals surface area contributed by atoms with Crippen molar-refractivity contribution in [2.75, 3.05) is 5.32 Å². The van der Waals surface area contributed by atoms with E-state index in [4.69, 9.17) is 4.74 Å². The van der Waals surface area contributed by atoms with Crippen LogP contribution in [0.1, 0.15) is 12.5 Å². The van der Waals surface area contributed by atoms with E-state index >= 15 is 0 Å². The minimum absolute atomic E-state index is 0.171. The molecule has 1 amide bonds. The van der Waals surface area contributed by atoms with Gasteiger partial charge in [0.2, 0.25) is 5.88 Å². The van der Waals surface area contributed by atoms with Crippen molar-refractivity contribution >= 4 is 32.6 Å². The van der Waals surface area contributed by atoms with Crippen molar-refractivity contribution in [3.05, 3.63) is 60.4 Å². The van der Waals surface area contributed by atoms with Crippen LogP contribution in [0.15, 0.2) is 54.9 Å². The lowest BCUT2D eigenvalue weighted by molar-refractivity contribution is -0.137. The number of thiazole rings is 1. The molecule has 0 bridgehead atoms. The Kier molecular flexibility index (Phi) is 5.76. The van der Waals surface area contributed by atoms with E-state index in [1.807, 2.05) is 0 Å². The third-order valence-electron chi connectivity index (χ3n) is 4.36. The lowest BCUT2D eigenvalue weighted by Crippen LogP contribution is -2.24. The second kappa shape index (κ2) is 8.52. The fraction of sp³-hybridized carbons (Fsp3) is 0.143. The maximum atomic E-state index is 12.8. The van der Waals surface area contributed by atoms with Crippen molar-refractivity contribution < 1.29 is 27.8 Å². The first-order valence-electron chi connectivity index (χ1n) is 9.27. The maximum Gasteiger partial charge on any atom is 0.416 e. The third kappa shape index (κ3) is 4.68. The van der Waals surface area contributed by atoms with Crippen LogP contribution in [-0.4, -0.2) is 32.1 Å². The van der Waals surface area contributed by atoms with Gasteiger partial charge in [0.1, 0.15) is 17.9 Å². The summed E-state index contributed by atoms with van der Waals surface area (Å²) < 4.78 is 44.9. The number of fused-ring (bicyclic) bond motifs is 1. The van der Waals surface area contributed by atoms with Crippen molar-refractivity contribution in [2.45, 2.75) is 19.2 Å². The highest BCUT2D eigenvalue weighted by molar-refractivity contribution is 7.22. The maximum absolute atomic E-state index is 12.8. The summed E-state index contributed by atoms with van der Waals surface area (Å²) in [5.74, 6) is -0.0400. The Hall–Kier alpha value is -3.57. The first kappa shape index (κ1) is 21.7. The lowest BCUT2D eigenvalue weighted by Gasteiger charge is -2.09. The van der Waals surface area contributed by atoms with Crippen LogP contribution in [0.2, 0.25) is 0 Å². The highest BCUT2D eigenvalue weighted by atomic mass is 32.1. The molecule has 2 heterocycles. The Balaban J connectivity index is 1.60. The van der Waals surface area contributed by atoms with E-state index in [1.54, 1.807) is 18.2 Å². The first-order chi connectivity index (χ1) is 15.2. The Morgan fingerprint density at radius 3 is 2.59 bits per heavy atom. The predicted molar refractivity (Wildman–Crippen MR) is 112 cm³/mol. The van der Waals surface area contributed by atoms with Crippen LogP contribution in [0.3, 0.4) is 0 Å². The number of carbonyl (C=O) groups is 1. The van der Waals surface area contributed by atoms with Crippen LogP contribution in [0.25, 0.3) is 21.5 Å². The zero-order chi connectivity index (χ0) is 22.9. The molecule has 0 aliphatic heterocycles. The van der Waals surface area contributed by atoms with Crippen LogP contribution in [0, 0.1) is 0 Å². The summed E-state index contributed by atoms with van der Waals surface area (Å²) in [7, 11) is 0. The van der Waals surface area contributed by atoms with Gasteiger partial charge >= 0.3 is 6.18 Å². The summed E-state index contributed by atoms with van der Waals surface area (Å²) in [5.41, 5.74) is 0.591. The zero-order valence-electron chi connectivity index (χ0n) is 16.4. The van der Waals surface area contributed by atoms with Gasteiger partial charge in [0, 0.05) is 11.6 Å². The van der Waals surface area contributed by atoms with Gasteiger partial charge in [-0.15, -0.1) is 0 Å². The standard InChI is InChI=1S/C21H15F3N4O3S/c1-11(29)19(30)28-20-27-18-15(3-2-4-16(18)32-20)31-17-9-14(25-10-26-17)12-5-7-13(8-6-12)21(22,23)24/h2-11,29H,1H3,(H,27,28,30)/t11-/m0/s1. The number of para-hydroxylation sites is 1. The van der Waals surface area contributed by atoms with Gasteiger partial charge in [-0.2, -0.15) is 13.2 Å². The number of halogens is 3. The molecule has 0 aliphatic carbocycles. The van der Waals surface area contributed by atoms with Gasteiger partial charge in [0.25, 0.3) is 5.91 Å². The van der Waals surface area contributed by atoms with E-state index in [0.29, 0.717) is 27.7 Å². The highest BCUT2D eigenvalue weighted by Gasteiger charge is 2.30. The molecule has 2 aromatic heterocycles. The number of anilines is 1. The van der Waals surface area contributed by atoms with Gasteiger partial charge in [-0.1, -0.05) is 29.5 Å². The molecular weight excluding hydrogens is 445 g/mol. The molecular formula is C21H15F3N4O3S. The summed E-state index contributed by atoms with van der Waals surface area (Å²) >= 11 is 1.21. The molecule has 0 aliphatic rings. The number of carbonyl (C=O) groups excluding carboxylic acids is 1. The highest BCUT2D eigenvalue weighted by Crippen LogP contribution is 2.35. The quantitative estimate of drug-likeness (QED) is 0.441. The normalized spacial score (nSPS) is 12.5. The number of alkyl halides is 3. The number of hydrogen-bond acceptors (Lipinski definition) is 7. The Labute approximate surface area is 183 Å². The molecule has 2 N–H and O–H groups in total. The van der Waals surface area contributed by atoms with E-state index in [0.717, 1.165) is 16.8 Å². The van der Waals surface area contributed by atoms with Crippen molar-refractivity contribution in [1.82, 2.24) is 15.0 Å². The van der Waals surface area contributed by atoms with Crippen molar-refractivity contribution in [3.8, 4) is 22.9 Å². The number of aromatic nitrogens is 3. The summed E-state index contributed by atoms with van der Waals surface area (Å²) in [6.07, 6.45) is -4.35. The molecule has 0 unspecified atom stereocenters. The van der Waals surface area contributed by atoms with E-state index in [2.05, 4.69) is 20.3 Å². The second-order valence-corrected chi connectivity index (χ2v) is 7.74. The minimum atomic E-state index is -4.42. The molecule has 32 heavy (non-hydrogen) atoms. The van der Waals surface area contributed by atoms with Crippen LogP contribution in [-0.2, 0) is 11.0 Å². The molecule has 0 saturated heterocycles. The van der Waals surface area contributed by atoms with Gasteiger partial charge in [-0.3, -0.25) is 10.1 Å². The molecule has 0 radical (unpaired) electrons. The summed E-state index contributed by atoms with van der Waals surface area (Å²) in [4.78, 5) is 24.2. The van der Waals surface area contributed by atoms with Crippen LogP contribution in [0.4, 0.5) is 18.3 Å². The van der Waals surface area contributed by atoms with Crippen LogP contribution >= 0.6 is 11.3 Å². The van der Waals surface area contributed by atoms with Crippen LogP contribution < -0.4 is 10.1 Å². The Morgan fingerprint density at radius 1 is 1.16 bits per heavy atom. The van der Waals surface area contributed by atoms with E-state index in [1.165, 1.54) is 42.8 Å². The topological polar surface area (TPSA) is 97.2 Å². The van der Waals surface area contributed by atoms with Gasteiger partial charge in [-0.05, 0) is 31.2 Å². The van der Waals surface area contributed by atoms with Crippen molar-refractivity contribution in [3.63, 3.8) is 0 Å². The lowest BCUT2D eigenvalue weighted by atomic mass is 10.1. The van der Waals surface area contributed by atoms with Gasteiger partial charge in [-0.25, -0.2) is 15.0 Å². The van der Waals surface area contributed by atoms with Crippen LogP contribution in [0.5, 0.6) is 11.6 Å².